The molecule has 2 saturated heterocycles. The Labute approximate surface area is 141 Å². The summed E-state index contributed by atoms with van der Waals surface area (Å²) in [5.41, 5.74) is -0.240. The normalized spacial score (nSPS) is 54.3. The summed E-state index contributed by atoms with van der Waals surface area (Å²) in [6.45, 7) is 8.34. The van der Waals surface area contributed by atoms with Gasteiger partial charge in [0.05, 0.1) is 5.41 Å². The number of ether oxygens (including phenoxy) is 3. The molecule has 4 fully saturated rings. The average Bonchev–Trinajstić information content (AvgIpc) is 3.16. The van der Waals surface area contributed by atoms with Gasteiger partial charge in [-0.05, 0) is 36.7 Å². The number of esters is 2. The van der Waals surface area contributed by atoms with E-state index in [1.54, 1.807) is 6.08 Å². The molecule has 0 bridgehead atoms. The molecular weight excluding hydrogens is 308 g/mol. The van der Waals surface area contributed by atoms with Gasteiger partial charge in [-0.25, -0.2) is 4.79 Å². The number of rotatable bonds is 1. The summed E-state index contributed by atoms with van der Waals surface area (Å²) < 4.78 is 17.8. The van der Waals surface area contributed by atoms with Gasteiger partial charge >= 0.3 is 11.9 Å². The van der Waals surface area contributed by atoms with Gasteiger partial charge in [0.1, 0.15) is 18.3 Å². The number of epoxide rings is 1. The van der Waals surface area contributed by atoms with Crippen molar-refractivity contribution in [2.75, 3.05) is 0 Å². The van der Waals surface area contributed by atoms with Crippen molar-refractivity contribution in [1.82, 2.24) is 0 Å². The monoisotopic (exact) mass is 332 g/mol. The highest BCUT2D eigenvalue weighted by molar-refractivity contribution is 5.87. The molecule has 0 amide bonds. The molecule has 0 N–H and O–H groups in total. The quantitative estimate of drug-likeness (QED) is 0.545. The molecule has 0 aromatic heterocycles. The zero-order chi connectivity index (χ0) is 17.1. The number of carbonyl (C=O) groups excluding carboxylic acids is 2. The number of hydrogen-bond donors (Lipinski definition) is 0. The Hall–Kier alpha value is -1.36. The van der Waals surface area contributed by atoms with Gasteiger partial charge in [0.25, 0.3) is 0 Å². The van der Waals surface area contributed by atoms with Gasteiger partial charge in [-0.3, -0.25) is 4.79 Å². The molecule has 3 aliphatic heterocycles. The minimum Gasteiger partial charge on any atom is -0.459 e. The molecule has 2 aliphatic carbocycles. The Morgan fingerprint density at radius 2 is 1.83 bits per heavy atom. The lowest BCUT2D eigenvalue weighted by atomic mass is 9.47. The highest BCUT2D eigenvalue weighted by Gasteiger charge is 2.82. The van der Waals surface area contributed by atoms with Gasteiger partial charge < -0.3 is 14.2 Å². The van der Waals surface area contributed by atoms with E-state index in [2.05, 4.69) is 20.8 Å². The number of cyclic esters (lactones) is 1. The van der Waals surface area contributed by atoms with E-state index in [1.807, 2.05) is 6.92 Å². The van der Waals surface area contributed by atoms with Crippen molar-refractivity contribution in [3.05, 3.63) is 11.6 Å². The Morgan fingerprint density at radius 3 is 2.54 bits per heavy atom. The van der Waals surface area contributed by atoms with Crippen LogP contribution in [0, 0.1) is 22.7 Å². The van der Waals surface area contributed by atoms with E-state index in [0.717, 1.165) is 24.8 Å². The van der Waals surface area contributed by atoms with Crippen LogP contribution in [0.3, 0.4) is 0 Å². The highest BCUT2D eigenvalue weighted by atomic mass is 16.7. The van der Waals surface area contributed by atoms with Crippen LogP contribution in [0.15, 0.2) is 11.6 Å². The Bertz CT molecular complexity index is 696. The van der Waals surface area contributed by atoms with Gasteiger partial charge in [0.15, 0.2) is 5.60 Å². The van der Waals surface area contributed by atoms with Gasteiger partial charge in [0, 0.05) is 12.0 Å². The second-order valence-electron chi connectivity index (χ2n) is 9.03. The van der Waals surface area contributed by atoms with Crippen molar-refractivity contribution < 1.29 is 23.8 Å². The number of carbonyl (C=O) groups is 2. The summed E-state index contributed by atoms with van der Waals surface area (Å²) in [5, 5.41) is 0. The largest absolute Gasteiger partial charge is 0.459 e. The summed E-state index contributed by atoms with van der Waals surface area (Å²) in [4.78, 5) is 24.9. The Kier molecular flexibility index (Phi) is 2.53. The predicted octanol–water partition coefficient (Wildman–Crippen LogP) is 2.38. The molecule has 5 nitrogen and oxygen atoms in total. The van der Waals surface area contributed by atoms with Crippen LogP contribution in [-0.2, 0) is 23.8 Å². The maximum Gasteiger partial charge on any atom is 0.331 e. The molecule has 3 heterocycles. The van der Waals surface area contributed by atoms with E-state index < -0.39 is 11.0 Å². The second-order valence-corrected chi connectivity index (χ2v) is 9.03. The van der Waals surface area contributed by atoms with Crippen molar-refractivity contribution in [2.45, 2.75) is 70.9 Å². The molecule has 5 heteroatoms. The SMILES string of the molecule is CC(C)C1OC(=O)C=C2C3(C)CCCC4(C)C(=O)OC(C43)C3OC213. The van der Waals surface area contributed by atoms with Crippen LogP contribution in [0.5, 0.6) is 0 Å². The molecule has 0 aromatic carbocycles. The first kappa shape index (κ1) is 14.9. The fraction of sp³-hybridized carbons (Fsp3) is 0.789. The van der Waals surface area contributed by atoms with Crippen LogP contribution < -0.4 is 0 Å². The first-order chi connectivity index (χ1) is 11.2. The van der Waals surface area contributed by atoms with Crippen molar-refractivity contribution in [3.8, 4) is 0 Å². The van der Waals surface area contributed by atoms with Crippen molar-refractivity contribution >= 4 is 11.9 Å². The second kappa shape index (κ2) is 4.06. The zero-order valence-corrected chi connectivity index (χ0v) is 14.6. The van der Waals surface area contributed by atoms with Crippen LogP contribution in [0.25, 0.3) is 0 Å². The van der Waals surface area contributed by atoms with E-state index in [1.165, 1.54) is 0 Å². The summed E-state index contributed by atoms with van der Waals surface area (Å²) in [5.74, 6) is -0.144. The van der Waals surface area contributed by atoms with Gasteiger partial charge in [-0.1, -0.05) is 27.2 Å². The maximum absolute atomic E-state index is 12.7. The first-order valence-corrected chi connectivity index (χ1v) is 9.07. The average molecular weight is 332 g/mol. The number of fused-ring (bicyclic) bond motifs is 2. The summed E-state index contributed by atoms with van der Waals surface area (Å²) >= 11 is 0. The van der Waals surface area contributed by atoms with Crippen molar-refractivity contribution in [3.63, 3.8) is 0 Å². The Balaban J connectivity index is 1.72. The van der Waals surface area contributed by atoms with Gasteiger partial charge in [-0.15, -0.1) is 0 Å². The lowest BCUT2D eigenvalue weighted by Crippen LogP contribution is -2.60. The van der Waals surface area contributed by atoms with E-state index >= 15 is 0 Å². The molecule has 7 atom stereocenters. The molecule has 0 radical (unpaired) electrons. The highest BCUT2D eigenvalue weighted by Crippen LogP contribution is 2.72. The molecule has 130 valence electrons. The van der Waals surface area contributed by atoms with Crippen molar-refractivity contribution in [1.29, 1.82) is 0 Å². The predicted molar refractivity (Wildman–Crippen MR) is 83.8 cm³/mol. The molecule has 0 aromatic rings. The summed E-state index contributed by atoms with van der Waals surface area (Å²) in [6.07, 6.45) is 3.74. The first-order valence-electron chi connectivity index (χ1n) is 9.07. The third-order valence-electron chi connectivity index (χ3n) is 7.36. The summed E-state index contributed by atoms with van der Waals surface area (Å²) in [6, 6.07) is 0. The molecule has 2 saturated carbocycles. The lowest BCUT2D eigenvalue weighted by molar-refractivity contribution is -0.153. The van der Waals surface area contributed by atoms with Crippen LogP contribution in [0.2, 0.25) is 0 Å². The van der Waals surface area contributed by atoms with E-state index in [-0.39, 0.29) is 47.5 Å². The van der Waals surface area contributed by atoms with Crippen LogP contribution in [-0.4, -0.2) is 35.9 Å². The topological polar surface area (TPSA) is 65.1 Å². The zero-order valence-electron chi connectivity index (χ0n) is 14.6. The Morgan fingerprint density at radius 1 is 1.12 bits per heavy atom. The van der Waals surface area contributed by atoms with E-state index in [4.69, 9.17) is 14.2 Å². The molecule has 5 rings (SSSR count). The van der Waals surface area contributed by atoms with E-state index in [9.17, 15) is 9.59 Å². The molecule has 5 aliphatic rings. The smallest absolute Gasteiger partial charge is 0.331 e. The van der Waals surface area contributed by atoms with Crippen molar-refractivity contribution in [2.24, 2.45) is 22.7 Å². The minimum absolute atomic E-state index is 0.0804. The standard InChI is InChI=1S/C19H24O5/c1-9(2)14-19-10(8-11(20)22-14)17(3)6-5-7-18(4)13(17)12(15(19)24-19)23-16(18)21/h8-9,12-15H,5-7H2,1-4H3. The minimum atomic E-state index is -0.582. The van der Waals surface area contributed by atoms with Gasteiger partial charge in [0.2, 0.25) is 0 Å². The summed E-state index contributed by atoms with van der Waals surface area (Å²) in [7, 11) is 0. The van der Waals surface area contributed by atoms with Gasteiger partial charge in [-0.2, -0.15) is 0 Å². The third-order valence-corrected chi connectivity index (χ3v) is 7.36. The molecule has 7 unspecified atom stereocenters. The maximum atomic E-state index is 12.7. The molecular formula is C19H24O5. The van der Waals surface area contributed by atoms with E-state index in [0.29, 0.717) is 0 Å². The fourth-order valence-electron chi connectivity index (χ4n) is 6.46. The molecule has 1 spiro atoms. The lowest BCUT2D eigenvalue weighted by Gasteiger charge is -2.54. The van der Waals surface area contributed by atoms with Crippen LogP contribution in [0.4, 0.5) is 0 Å². The van der Waals surface area contributed by atoms with Crippen LogP contribution in [0.1, 0.15) is 47.0 Å². The molecule has 24 heavy (non-hydrogen) atoms. The van der Waals surface area contributed by atoms with Crippen LogP contribution >= 0.6 is 0 Å². The fourth-order valence-corrected chi connectivity index (χ4v) is 6.46. The third kappa shape index (κ3) is 1.39. The number of hydrogen-bond acceptors (Lipinski definition) is 5.